The van der Waals surface area contributed by atoms with Crippen LogP contribution in [0.4, 0.5) is 0 Å². The molecule has 0 spiro atoms. The molecule has 2 N–H and O–H groups in total. The van der Waals surface area contributed by atoms with Gasteiger partial charge in [-0.1, -0.05) is 18.2 Å². The summed E-state index contributed by atoms with van der Waals surface area (Å²) in [6.07, 6.45) is 3.14. The molecule has 0 aliphatic carbocycles. The number of hydrazone groups is 1. The number of H-pyrrole nitrogens is 1. The van der Waals surface area contributed by atoms with Gasteiger partial charge in [-0.05, 0) is 26.0 Å². The van der Waals surface area contributed by atoms with Gasteiger partial charge >= 0.3 is 0 Å². The van der Waals surface area contributed by atoms with Crippen molar-refractivity contribution in [2.24, 2.45) is 5.10 Å². The standard InChI is InChI=1S/C16H15N3O2/c1-10-14(13-5-3-4-6-15(13)18-10)9-17-19-16(20)12-7-8-21-11(12)2/h3-9,18H,1-2H3,(H,19,20)/b17-9+. The first-order valence-electron chi connectivity index (χ1n) is 6.61. The minimum atomic E-state index is -0.282. The summed E-state index contributed by atoms with van der Waals surface area (Å²) in [6.45, 7) is 3.71. The summed E-state index contributed by atoms with van der Waals surface area (Å²) in [5.41, 5.74) is 6.03. The number of nitrogens with zero attached hydrogens (tertiary/aromatic N) is 1. The molecular formula is C16H15N3O2. The number of para-hydroxylation sites is 1. The zero-order valence-corrected chi connectivity index (χ0v) is 11.8. The van der Waals surface area contributed by atoms with E-state index in [0.717, 1.165) is 22.2 Å². The van der Waals surface area contributed by atoms with Crippen LogP contribution in [0.15, 0.2) is 46.1 Å². The van der Waals surface area contributed by atoms with Crippen LogP contribution in [0.3, 0.4) is 0 Å². The molecule has 0 atom stereocenters. The fourth-order valence-electron chi connectivity index (χ4n) is 2.30. The van der Waals surface area contributed by atoms with Gasteiger partial charge in [0.25, 0.3) is 5.91 Å². The largest absolute Gasteiger partial charge is 0.469 e. The van der Waals surface area contributed by atoms with E-state index in [0.29, 0.717) is 11.3 Å². The molecule has 0 aliphatic rings. The van der Waals surface area contributed by atoms with E-state index in [9.17, 15) is 4.79 Å². The van der Waals surface area contributed by atoms with Crippen LogP contribution in [0.2, 0.25) is 0 Å². The van der Waals surface area contributed by atoms with E-state index in [1.165, 1.54) is 6.26 Å². The van der Waals surface area contributed by atoms with Crippen molar-refractivity contribution in [3.8, 4) is 0 Å². The molecule has 5 heteroatoms. The number of amides is 1. The number of aromatic nitrogens is 1. The number of nitrogens with one attached hydrogen (secondary N) is 2. The van der Waals surface area contributed by atoms with Crippen molar-refractivity contribution in [3.05, 3.63) is 59.2 Å². The van der Waals surface area contributed by atoms with Crippen molar-refractivity contribution in [2.45, 2.75) is 13.8 Å². The molecule has 0 fully saturated rings. The molecule has 0 radical (unpaired) electrons. The zero-order chi connectivity index (χ0) is 14.8. The van der Waals surface area contributed by atoms with Gasteiger partial charge in [0.05, 0.1) is 18.0 Å². The van der Waals surface area contributed by atoms with Crippen LogP contribution in [0.5, 0.6) is 0 Å². The van der Waals surface area contributed by atoms with Crippen LogP contribution < -0.4 is 5.43 Å². The van der Waals surface area contributed by atoms with Crippen LogP contribution in [0, 0.1) is 13.8 Å². The maximum absolute atomic E-state index is 11.9. The average molecular weight is 281 g/mol. The Kier molecular flexibility index (Phi) is 3.31. The molecule has 0 aliphatic heterocycles. The highest BCUT2D eigenvalue weighted by atomic mass is 16.3. The lowest BCUT2D eigenvalue weighted by molar-refractivity contribution is 0.0953. The normalized spacial score (nSPS) is 11.3. The van der Waals surface area contributed by atoms with Gasteiger partial charge in [-0.15, -0.1) is 0 Å². The molecule has 0 bridgehead atoms. The summed E-state index contributed by atoms with van der Waals surface area (Å²) in [5, 5.41) is 5.11. The maximum atomic E-state index is 11.9. The van der Waals surface area contributed by atoms with Gasteiger partial charge in [-0.3, -0.25) is 4.79 Å². The zero-order valence-electron chi connectivity index (χ0n) is 11.8. The molecule has 3 rings (SSSR count). The monoisotopic (exact) mass is 281 g/mol. The van der Waals surface area contributed by atoms with E-state index in [-0.39, 0.29) is 5.91 Å². The van der Waals surface area contributed by atoms with Crippen molar-refractivity contribution >= 4 is 23.0 Å². The predicted octanol–water partition coefficient (Wildman–Crippen LogP) is 3.14. The Morgan fingerprint density at radius 2 is 2.10 bits per heavy atom. The summed E-state index contributed by atoms with van der Waals surface area (Å²) in [6, 6.07) is 9.59. The van der Waals surface area contributed by atoms with Gasteiger partial charge in [0.15, 0.2) is 0 Å². The van der Waals surface area contributed by atoms with Crippen LogP contribution in [-0.2, 0) is 0 Å². The molecule has 0 saturated carbocycles. The molecule has 2 aromatic heterocycles. The van der Waals surface area contributed by atoms with Gasteiger partial charge in [0.1, 0.15) is 5.76 Å². The molecule has 5 nitrogen and oxygen atoms in total. The number of rotatable bonds is 3. The summed E-state index contributed by atoms with van der Waals surface area (Å²) in [7, 11) is 0. The number of benzene rings is 1. The van der Waals surface area contributed by atoms with E-state index in [1.54, 1.807) is 19.2 Å². The molecular weight excluding hydrogens is 266 g/mol. The molecule has 21 heavy (non-hydrogen) atoms. The SMILES string of the molecule is Cc1[nH]c2ccccc2c1/C=N/NC(=O)c1ccoc1C. The van der Waals surface area contributed by atoms with Crippen LogP contribution in [0.25, 0.3) is 10.9 Å². The van der Waals surface area contributed by atoms with Crippen molar-refractivity contribution in [1.82, 2.24) is 10.4 Å². The Morgan fingerprint density at radius 3 is 2.86 bits per heavy atom. The van der Waals surface area contributed by atoms with E-state index >= 15 is 0 Å². The minimum Gasteiger partial charge on any atom is -0.469 e. The Morgan fingerprint density at radius 1 is 1.29 bits per heavy atom. The van der Waals surface area contributed by atoms with Crippen molar-refractivity contribution in [1.29, 1.82) is 0 Å². The van der Waals surface area contributed by atoms with Crippen LogP contribution >= 0.6 is 0 Å². The second kappa shape index (κ2) is 5.28. The second-order valence-electron chi connectivity index (χ2n) is 4.80. The Hall–Kier alpha value is -2.82. The number of carbonyl (C=O) groups is 1. The number of aryl methyl sites for hydroxylation is 2. The average Bonchev–Trinajstić information content (AvgIpc) is 3.03. The fraction of sp³-hybridized carbons (Fsp3) is 0.125. The van der Waals surface area contributed by atoms with Crippen LogP contribution in [-0.4, -0.2) is 17.1 Å². The van der Waals surface area contributed by atoms with Crippen LogP contribution in [0.1, 0.15) is 27.4 Å². The first-order valence-corrected chi connectivity index (χ1v) is 6.61. The van der Waals surface area contributed by atoms with Crippen molar-refractivity contribution < 1.29 is 9.21 Å². The van der Waals surface area contributed by atoms with Crippen molar-refractivity contribution in [3.63, 3.8) is 0 Å². The van der Waals surface area contributed by atoms with E-state index in [4.69, 9.17) is 4.42 Å². The lowest BCUT2D eigenvalue weighted by Gasteiger charge is -1.97. The smallest absolute Gasteiger partial charge is 0.274 e. The third kappa shape index (κ3) is 2.45. The highest BCUT2D eigenvalue weighted by Gasteiger charge is 2.10. The number of hydrogen-bond donors (Lipinski definition) is 2. The number of aromatic amines is 1. The lowest BCUT2D eigenvalue weighted by Crippen LogP contribution is -2.17. The number of hydrogen-bond acceptors (Lipinski definition) is 3. The summed E-state index contributed by atoms with van der Waals surface area (Å²) < 4.78 is 5.10. The lowest BCUT2D eigenvalue weighted by atomic mass is 10.1. The molecule has 0 saturated heterocycles. The molecule has 1 aromatic carbocycles. The molecule has 3 aromatic rings. The van der Waals surface area contributed by atoms with E-state index in [1.807, 2.05) is 31.2 Å². The van der Waals surface area contributed by atoms with Gasteiger partial charge in [0.2, 0.25) is 0 Å². The van der Waals surface area contributed by atoms with E-state index in [2.05, 4.69) is 15.5 Å². The Labute approximate surface area is 121 Å². The Balaban J connectivity index is 1.81. The quantitative estimate of drug-likeness (QED) is 0.572. The summed E-state index contributed by atoms with van der Waals surface area (Å²) in [5.74, 6) is 0.293. The first kappa shape index (κ1) is 13.2. The topological polar surface area (TPSA) is 70.4 Å². The molecule has 0 unspecified atom stereocenters. The van der Waals surface area contributed by atoms with Gasteiger partial charge < -0.3 is 9.40 Å². The van der Waals surface area contributed by atoms with Gasteiger partial charge in [0, 0.05) is 22.2 Å². The second-order valence-corrected chi connectivity index (χ2v) is 4.80. The Bertz CT molecular complexity index is 827. The number of furan rings is 1. The number of carbonyl (C=O) groups excluding carboxylic acids is 1. The van der Waals surface area contributed by atoms with Gasteiger partial charge in [-0.25, -0.2) is 5.43 Å². The third-order valence-electron chi connectivity index (χ3n) is 3.41. The predicted molar refractivity (Wildman–Crippen MR) is 81.5 cm³/mol. The maximum Gasteiger partial charge on any atom is 0.274 e. The van der Waals surface area contributed by atoms with Gasteiger partial charge in [-0.2, -0.15) is 5.10 Å². The van der Waals surface area contributed by atoms with E-state index < -0.39 is 0 Å². The third-order valence-corrected chi connectivity index (χ3v) is 3.41. The summed E-state index contributed by atoms with van der Waals surface area (Å²) in [4.78, 5) is 15.2. The highest BCUT2D eigenvalue weighted by Crippen LogP contribution is 2.19. The van der Waals surface area contributed by atoms with Crippen molar-refractivity contribution in [2.75, 3.05) is 0 Å². The molecule has 106 valence electrons. The first-order chi connectivity index (χ1) is 10.2. The fourth-order valence-corrected chi connectivity index (χ4v) is 2.30. The molecule has 1 amide bonds. The highest BCUT2D eigenvalue weighted by molar-refractivity contribution is 6.01. The molecule has 2 heterocycles. The summed E-state index contributed by atoms with van der Waals surface area (Å²) >= 11 is 0. The minimum absolute atomic E-state index is 0.282. The number of fused-ring (bicyclic) bond motifs is 1.